The maximum atomic E-state index is 12.5. The SMILES string of the molecule is Cc1cc(C)nc(NS(=O)(=O)c2ccc(N3C(=O)C(Cl)C3(S)S)cc2)n1. The van der Waals surface area contributed by atoms with Crippen molar-refractivity contribution in [3.8, 4) is 0 Å². The number of nitrogens with zero attached hydrogens (tertiary/aromatic N) is 3. The number of halogens is 1. The van der Waals surface area contributed by atoms with Gasteiger partial charge in [0.05, 0.1) is 4.90 Å². The molecule has 138 valence electrons. The fourth-order valence-electron chi connectivity index (χ4n) is 2.53. The highest BCUT2D eigenvalue weighted by molar-refractivity contribution is 8.01. The minimum atomic E-state index is -3.87. The smallest absolute Gasteiger partial charge is 0.264 e. The van der Waals surface area contributed by atoms with Gasteiger partial charge in [0.1, 0.15) is 0 Å². The second-order valence-corrected chi connectivity index (χ2v) is 9.63. The van der Waals surface area contributed by atoms with Crippen molar-refractivity contribution in [2.45, 2.75) is 28.3 Å². The largest absolute Gasteiger partial charge is 0.285 e. The van der Waals surface area contributed by atoms with Gasteiger partial charge >= 0.3 is 0 Å². The summed E-state index contributed by atoms with van der Waals surface area (Å²) in [5.74, 6) is -0.353. The third-order valence-electron chi connectivity index (χ3n) is 3.72. The molecule has 1 aromatic carbocycles. The van der Waals surface area contributed by atoms with Gasteiger partial charge in [-0.25, -0.2) is 23.1 Å². The summed E-state index contributed by atoms with van der Waals surface area (Å²) in [4.78, 5) is 21.3. The van der Waals surface area contributed by atoms with Crippen molar-refractivity contribution in [2.75, 3.05) is 9.62 Å². The third-order valence-corrected chi connectivity index (χ3v) is 6.79. The molecule has 11 heteroatoms. The molecule has 0 saturated carbocycles. The number of hydrogen-bond acceptors (Lipinski definition) is 7. The number of benzene rings is 1. The minimum absolute atomic E-state index is 0.000729. The molecule has 3 rings (SSSR count). The Morgan fingerprint density at radius 2 is 1.69 bits per heavy atom. The summed E-state index contributed by atoms with van der Waals surface area (Å²) in [6.45, 7) is 3.49. The first-order valence-corrected chi connectivity index (χ1v) is 10.2. The number of thiol groups is 2. The number of amides is 1. The molecule has 1 aliphatic heterocycles. The van der Waals surface area contributed by atoms with E-state index in [1.54, 1.807) is 19.9 Å². The van der Waals surface area contributed by atoms with Crippen LogP contribution in [-0.2, 0) is 14.8 Å². The van der Waals surface area contributed by atoms with E-state index in [9.17, 15) is 13.2 Å². The van der Waals surface area contributed by atoms with Gasteiger partial charge in [-0.3, -0.25) is 9.69 Å². The van der Waals surface area contributed by atoms with Crippen LogP contribution in [0.3, 0.4) is 0 Å². The van der Waals surface area contributed by atoms with E-state index in [0.717, 1.165) is 0 Å². The van der Waals surface area contributed by atoms with Crippen LogP contribution < -0.4 is 9.62 Å². The van der Waals surface area contributed by atoms with Gasteiger partial charge in [-0.1, -0.05) is 0 Å². The number of β-lactam (4-membered cyclic amide) rings is 1. The Bertz CT molecular complexity index is 960. The Labute approximate surface area is 167 Å². The fraction of sp³-hybridized carbons (Fsp3) is 0.267. The average Bonchev–Trinajstić information content (AvgIpc) is 2.53. The maximum absolute atomic E-state index is 12.5. The first-order chi connectivity index (χ1) is 12.0. The lowest BCUT2D eigenvalue weighted by Crippen LogP contribution is -2.67. The highest BCUT2D eigenvalue weighted by Crippen LogP contribution is 2.45. The molecule has 1 atom stereocenters. The van der Waals surface area contributed by atoms with E-state index in [0.29, 0.717) is 17.1 Å². The van der Waals surface area contributed by atoms with E-state index < -0.39 is 19.6 Å². The van der Waals surface area contributed by atoms with Crippen LogP contribution in [0.4, 0.5) is 11.6 Å². The zero-order chi connectivity index (χ0) is 19.3. The van der Waals surface area contributed by atoms with E-state index in [1.807, 2.05) is 0 Å². The highest BCUT2D eigenvalue weighted by Gasteiger charge is 2.56. The van der Waals surface area contributed by atoms with Gasteiger partial charge < -0.3 is 0 Å². The van der Waals surface area contributed by atoms with Crippen molar-refractivity contribution in [1.82, 2.24) is 9.97 Å². The van der Waals surface area contributed by atoms with Gasteiger partial charge in [-0.05, 0) is 44.2 Å². The number of carbonyl (C=O) groups excluding carboxylic acids is 1. The minimum Gasteiger partial charge on any atom is -0.285 e. The van der Waals surface area contributed by atoms with Crippen LogP contribution in [0, 0.1) is 13.8 Å². The number of nitrogens with one attached hydrogen (secondary N) is 1. The van der Waals surface area contributed by atoms with E-state index in [4.69, 9.17) is 11.6 Å². The van der Waals surface area contributed by atoms with Gasteiger partial charge in [-0.2, -0.15) is 0 Å². The van der Waals surface area contributed by atoms with Crippen molar-refractivity contribution in [3.63, 3.8) is 0 Å². The van der Waals surface area contributed by atoms with Crippen molar-refractivity contribution in [1.29, 1.82) is 0 Å². The zero-order valence-corrected chi connectivity index (χ0v) is 17.1. The lowest BCUT2D eigenvalue weighted by molar-refractivity contribution is -0.122. The molecule has 0 radical (unpaired) electrons. The molecular formula is C15H15ClN4O3S3. The van der Waals surface area contributed by atoms with Gasteiger partial charge in [0, 0.05) is 17.1 Å². The number of alkyl halides is 1. The topological polar surface area (TPSA) is 92.3 Å². The summed E-state index contributed by atoms with van der Waals surface area (Å²) >= 11 is 14.4. The van der Waals surface area contributed by atoms with Gasteiger partial charge in [0.25, 0.3) is 15.9 Å². The van der Waals surface area contributed by atoms with Crippen LogP contribution in [0.25, 0.3) is 0 Å². The van der Waals surface area contributed by atoms with E-state index in [1.165, 1.54) is 29.2 Å². The summed E-state index contributed by atoms with van der Waals surface area (Å²) in [7, 11) is -3.87. The van der Waals surface area contributed by atoms with Crippen LogP contribution in [0.5, 0.6) is 0 Å². The fourth-order valence-corrected chi connectivity index (χ4v) is 4.32. The number of carbonyl (C=O) groups is 1. The molecule has 2 heterocycles. The number of rotatable bonds is 4. The Morgan fingerprint density at radius 1 is 1.15 bits per heavy atom. The van der Waals surface area contributed by atoms with E-state index >= 15 is 0 Å². The first-order valence-electron chi connectivity index (χ1n) is 7.40. The van der Waals surface area contributed by atoms with Crippen molar-refractivity contribution in [2.24, 2.45) is 0 Å². The predicted octanol–water partition coefficient (Wildman–Crippen LogP) is 2.36. The number of hydrogen-bond donors (Lipinski definition) is 3. The molecule has 2 aromatic rings. The average molecular weight is 431 g/mol. The zero-order valence-electron chi connectivity index (χ0n) is 13.7. The number of anilines is 2. The van der Waals surface area contributed by atoms with E-state index in [2.05, 4.69) is 39.9 Å². The lowest BCUT2D eigenvalue weighted by Gasteiger charge is -2.49. The second-order valence-electron chi connectivity index (χ2n) is 5.80. The summed E-state index contributed by atoms with van der Waals surface area (Å²) in [5.41, 5.74) is 1.74. The molecule has 1 aliphatic rings. The number of aryl methyl sites for hydroxylation is 2. The summed E-state index contributed by atoms with van der Waals surface area (Å²) in [6, 6.07) is 7.44. The van der Waals surface area contributed by atoms with Crippen molar-refractivity contribution >= 4 is 64.4 Å². The predicted molar refractivity (Wildman–Crippen MR) is 107 cm³/mol. The van der Waals surface area contributed by atoms with Crippen LogP contribution in [0.2, 0.25) is 0 Å². The Balaban J connectivity index is 1.85. The molecule has 1 fully saturated rings. The normalized spacial score (nSPS) is 19.2. The molecule has 1 saturated heterocycles. The Kier molecular flexibility index (Phi) is 4.89. The Hall–Kier alpha value is -1.49. The molecule has 1 N–H and O–H groups in total. The van der Waals surface area contributed by atoms with Crippen LogP contribution in [-0.4, -0.2) is 33.9 Å². The monoisotopic (exact) mass is 430 g/mol. The lowest BCUT2D eigenvalue weighted by atomic mass is 10.1. The van der Waals surface area contributed by atoms with Gasteiger partial charge in [0.15, 0.2) is 9.58 Å². The second kappa shape index (κ2) is 6.59. The third kappa shape index (κ3) is 3.38. The first kappa shape index (κ1) is 19.3. The van der Waals surface area contributed by atoms with Gasteiger partial charge in [0.2, 0.25) is 5.95 Å². The Morgan fingerprint density at radius 3 is 2.19 bits per heavy atom. The molecule has 1 unspecified atom stereocenters. The summed E-state index contributed by atoms with van der Waals surface area (Å²) in [6.07, 6.45) is 0. The quantitative estimate of drug-likeness (QED) is 0.300. The van der Waals surface area contributed by atoms with E-state index in [-0.39, 0.29) is 16.8 Å². The standard InChI is InChI=1S/C15H15ClN4O3S3/c1-8-7-9(2)18-14(17-8)19-26(22,23)11-5-3-10(4-6-11)20-13(21)12(16)15(20,24)25/h3-7,12,24-25H,1-2H3,(H,17,18,19). The molecule has 0 aliphatic carbocycles. The van der Waals surface area contributed by atoms with Gasteiger partial charge in [-0.15, -0.1) is 36.9 Å². The molecular weight excluding hydrogens is 416 g/mol. The summed E-state index contributed by atoms with van der Waals surface area (Å²) < 4.78 is 26.2. The molecule has 1 aromatic heterocycles. The maximum Gasteiger partial charge on any atom is 0.264 e. The molecule has 0 bridgehead atoms. The molecule has 26 heavy (non-hydrogen) atoms. The van der Waals surface area contributed by atoms with Crippen LogP contribution in [0.1, 0.15) is 11.4 Å². The molecule has 7 nitrogen and oxygen atoms in total. The van der Waals surface area contributed by atoms with Crippen molar-refractivity contribution < 1.29 is 13.2 Å². The van der Waals surface area contributed by atoms with Crippen LogP contribution in [0.15, 0.2) is 35.2 Å². The number of sulfonamides is 1. The molecule has 0 spiro atoms. The highest BCUT2D eigenvalue weighted by atomic mass is 35.5. The molecule has 1 amide bonds. The van der Waals surface area contributed by atoms with Crippen LogP contribution >= 0.6 is 36.9 Å². The van der Waals surface area contributed by atoms with Crippen molar-refractivity contribution in [3.05, 3.63) is 41.7 Å². The number of aromatic nitrogens is 2. The summed E-state index contributed by atoms with van der Waals surface area (Å²) in [5, 5.41) is -0.860.